The zero-order valence-corrected chi connectivity index (χ0v) is 17.4. The fourth-order valence-electron chi connectivity index (χ4n) is 3.60. The highest BCUT2D eigenvalue weighted by Gasteiger charge is 2.28. The van der Waals surface area contributed by atoms with Gasteiger partial charge in [-0.2, -0.15) is 0 Å². The number of aryl methyl sites for hydroxylation is 1. The van der Waals surface area contributed by atoms with E-state index in [2.05, 4.69) is 15.0 Å². The number of carbonyl (C=O) groups is 1. The van der Waals surface area contributed by atoms with Gasteiger partial charge in [0.25, 0.3) is 0 Å². The third-order valence-corrected chi connectivity index (χ3v) is 5.23. The van der Waals surface area contributed by atoms with Crippen LogP contribution in [-0.2, 0) is 9.53 Å². The maximum atomic E-state index is 12.8. The highest BCUT2D eigenvalue weighted by atomic mass is 16.5. The molecular formula is C23H25N5O3. The number of ether oxygens (including phenoxy) is 2. The van der Waals surface area contributed by atoms with Crippen LogP contribution in [0.15, 0.2) is 55.1 Å². The molecule has 1 aromatic carbocycles. The number of benzene rings is 1. The number of rotatable bonds is 6. The SMILES string of the molecule is Cc1ccccc1OCCC(=O)N1CCO[C@H](c2ncncc2-c2ccnc(N)c2)C1. The summed E-state index contributed by atoms with van der Waals surface area (Å²) >= 11 is 0. The fourth-order valence-corrected chi connectivity index (χ4v) is 3.60. The standard InChI is InChI=1S/C23H25N5O3/c1-16-4-2-3-5-19(16)30-10-7-22(29)28-9-11-31-20(14-28)23-18(13-25-15-27-23)17-6-8-26-21(24)12-17/h2-6,8,12-13,15,20H,7,9-11,14H2,1H3,(H2,24,26)/t20-/m0/s1. The van der Waals surface area contributed by atoms with Gasteiger partial charge >= 0.3 is 0 Å². The highest BCUT2D eigenvalue weighted by molar-refractivity contribution is 5.76. The van der Waals surface area contributed by atoms with E-state index < -0.39 is 0 Å². The molecule has 4 rings (SSSR count). The van der Waals surface area contributed by atoms with Crippen LogP contribution in [0.25, 0.3) is 11.1 Å². The number of anilines is 1. The lowest BCUT2D eigenvalue weighted by Gasteiger charge is -2.33. The topological polar surface area (TPSA) is 103 Å². The second-order valence-electron chi connectivity index (χ2n) is 7.35. The second-order valence-corrected chi connectivity index (χ2v) is 7.35. The molecule has 8 nitrogen and oxygen atoms in total. The molecule has 160 valence electrons. The van der Waals surface area contributed by atoms with Crippen molar-refractivity contribution < 1.29 is 14.3 Å². The number of amides is 1. The third-order valence-electron chi connectivity index (χ3n) is 5.23. The summed E-state index contributed by atoms with van der Waals surface area (Å²) in [4.78, 5) is 27.2. The van der Waals surface area contributed by atoms with Crippen molar-refractivity contribution in [3.63, 3.8) is 0 Å². The molecule has 2 N–H and O–H groups in total. The molecule has 0 radical (unpaired) electrons. The van der Waals surface area contributed by atoms with Crippen molar-refractivity contribution in [2.45, 2.75) is 19.4 Å². The lowest BCUT2D eigenvalue weighted by Crippen LogP contribution is -2.43. The van der Waals surface area contributed by atoms with E-state index in [9.17, 15) is 4.79 Å². The van der Waals surface area contributed by atoms with Gasteiger partial charge in [-0.25, -0.2) is 15.0 Å². The van der Waals surface area contributed by atoms with Gasteiger partial charge in [-0.3, -0.25) is 4.79 Å². The molecule has 0 aliphatic carbocycles. The average Bonchev–Trinajstić information content (AvgIpc) is 2.80. The average molecular weight is 419 g/mol. The van der Waals surface area contributed by atoms with E-state index in [0.717, 1.165) is 28.1 Å². The Bertz CT molecular complexity index is 1060. The quantitative estimate of drug-likeness (QED) is 0.655. The van der Waals surface area contributed by atoms with Gasteiger partial charge < -0.3 is 20.1 Å². The summed E-state index contributed by atoms with van der Waals surface area (Å²) in [7, 11) is 0. The Labute approximate surface area is 181 Å². The normalized spacial score (nSPS) is 16.2. The van der Waals surface area contributed by atoms with E-state index in [4.69, 9.17) is 15.2 Å². The molecule has 1 atom stereocenters. The molecule has 1 fully saturated rings. The van der Waals surface area contributed by atoms with Crippen molar-refractivity contribution in [3.8, 4) is 16.9 Å². The Balaban J connectivity index is 1.42. The van der Waals surface area contributed by atoms with Crippen LogP contribution in [0.2, 0.25) is 0 Å². The molecule has 1 aliphatic heterocycles. The Morgan fingerprint density at radius 2 is 2.16 bits per heavy atom. The first-order valence-corrected chi connectivity index (χ1v) is 10.2. The molecule has 1 amide bonds. The van der Waals surface area contributed by atoms with E-state index in [-0.39, 0.29) is 12.0 Å². The number of nitrogens with two attached hydrogens (primary N) is 1. The molecular weight excluding hydrogens is 394 g/mol. The predicted molar refractivity (Wildman–Crippen MR) is 116 cm³/mol. The van der Waals surface area contributed by atoms with Crippen LogP contribution < -0.4 is 10.5 Å². The number of hydrogen-bond acceptors (Lipinski definition) is 7. The summed E-state index contributed by atoms with van der Waals surface area (Å²) in [5.74, 6) is 1.25. The van der Waals surface area contributed by atoms with Crippen molar-refractivity contribution >= 4 is 11.7 Å². The Morgan fingerprint density at radius 1 is 1.29 bits per heavy atom. The lowest BCUT2D eigenvalue weighted by atomic mass is 10.0. The molecule has 0 bridgehead atoms. The summed E-state index contributed by atoms with van der Waals surface area (Å²) in [5, 5.41) is 0. The van der Waals surface area contributed by atoms with Crippen LogP contribution in [0.4, 0.5) is 5.82 Å². The van der Waals surface area contributed by atoms with E-state index in [1.165, 1.54) is 6.33 Å². The molecule has 3 aromatic rings. The lowest BCUT2D eigenvalue weighted by molar-refractivity contribution is -0.139. The van der Waals surface area contributed by atoms with Gasteiger partial charge in [0.2, 0.25) is 5.91 Å². The summed E-state index contributed by atoms with van der Waals surface area (Å²) in [6.45, 7) is 3.73. The van der Waals surface area contributed by atoms with Gasteiger partial charge in [-0.15, -0.1) is 0 Å². The smallest absolute Gasteiger partial charge is 0.226 e. The van der Waals surface area contributed by atoms with Crippen LogP contribution in [-0.4, -0.2) is 52.1 Å². The predicted octanol–water partition coefficient (Wildman–Crippen LogP) is 2.80. The summed E-state index contributed by atoms with van der Waals surface area (Å²) < 4.78 is 11.7. The zero-order valence-electron chi connectivity index (χ0n) is 17.4. The minimum Gasteiger partial charge on any atom is -0.493 e. The van der Waals surface area contributed by atoms with Gasteiger partial charge in [-0.1, -0.05) is 18.2 Å². The van der Waals surface area contributed by atoms with E-state index >= 15 is 0 Å². The summed E-state index contributed by atoms with van der Waals surface area (Å²) in [6.07, 6.45) is 4.83. The van der Waals surface area contributed by atoms with E-state index in [1.807, 2.05) is 42.2 Å². The van der Waals surface area contributed by atoms with Crippen molar-refractivity contribution in [2.75, 3.05) is 32.0 Å². The highest BCUT2D eigenvalue weighted by Crippen LogP contribution is 2.30. The minimum absolute atomic E-state index is 0.0330. The monoisotopic (exact) mass is 419 g/mol. The van der Waals surface area contributed by atoms with Crippen molar-refractivity contribution in [1.29, 1.82) is 0 Å². The molecule has 3 heterocycles. The molecule has 0 spiro atoms. The fraction of sp³-hybridized carbons (Fsp3) is 0.304. The Morgan fingerprint density at radius 3 is 3.00 bits per heavy atom. The zero-order chi connectivity index (χ0) is 21.6. The Hall–Kier alpha value is -3.52. The molecule has 0 saturated carbocycles. The molecule has 31 heavy (non-hydrogen) atoms. The van der Waals surface area contributed by atoms with E-state index in [0.29, 0.717) is 38.5 Å². The summed E-state index contributed by atoms with van der Waals surface area (Å²) in [6, 6.07) is 11.4. The molecule has 2 aromatic heterocycles. The van der Waals surface area contributed by atoms with Gasteiger partial charge in [0.05, 0.1) is 31.9 Å². The third kappa shape index (κ3) is 4.97. The van der Waals surface area contributed by atoms with Gasteiger partial charge in [0.1, 0.15) is 24.0 Å². The molecule has 0 unspecified atom stereocenters. The van der Waals surface area contributed by atoms with Crippen LogP contribution >= 0.6 is 0 Å². The second kappa shape index (κ2) is 9.53. The van der Waals surface area contributed by atoms with Crippen LogP contribution in [0.5, 0.6) is 5.75 Å². The number of para-hydroxylation sites is 1. The van der Waals surface area contributed by atoms with Crippen molar-refractivity contribution in [2.24, 2.45) is 0 Å². The number of pyridine rings is 1. The number of aromatic nitrogens is 3. The number of morpholine rings is 1. The first kappa shape index (κ1) is 20.7. The number of nitrogens with zero attached hydrogens (tertiary/aromatic N) is 4. The Kier molecular flexibility index (Phi) is 6.37. The first-order chi connectivity index (χ1) is 15.1. The van der Waals surface area contributed by atoms with Gasteiger partial charge in [0, 0.05) is 24.5 Å². The molecule has 1 aliphatic rings. The first-order valence-electron chi connectivity index (χ1n) is 10.2. The number of carbonyl (C=O) groups excluding carboxylic acids is 1. The maximum Gasteiger partial charge on any atom is 0.226 e. The van der Waals surface area contributed by atoms with Crippen LogP contribution in [0, 0.1) is 6.92 Å². The molecule has 1 saturated heterocycles. The van der Waals surface area contributed by atoms with E-state index in [1.54, 1.807) is 18.5 Å². The van der Waals surface area contributed by atoms with Crippen molar-refractivity contribution in [3.05, 3.63) is 66.4 Å². The number of hydrogen-bond donors (Lipinski definition) is 1. The summed E-state index contributed by atoms with van der Waals surface area (Å²) in [5.41, 5.74) is 9.30. The van der Waals surface area contributed by atoms with Crippen LogP contribution in [0.3, 0.4) is 0 Å². The van der Waals surface area contributed by atoms with Gasteiger partial charge in [0.15, 0.2) is 0 Å². The van der Waals surface area contributed by atoms with Crippen molar-refractivity contribution in [1.82, 2.24) is 19.9 Å². The minimum atomic E-state index is -0.345. The van der Waals surface area contributed by atoms with Gasteiger partial charge in [-0.05, 0) is 36.2 Å². The number of nitrogen functional groups attached to an aromatic ring is 1. The largest absolute Gasteiger partial charge is 0.493 e. The molecule has 8 heteroatoms. The van der Waals surface area contributed by atoms with Crippen LogP contribution in [0.1, 0.15) is 23.8 Å². The maximum absolute atomic E-state index is 12.8.